The third-order valence-electron chi connectivity index (χ3n) is 3.61. The van der Waals surface area contributed by atoms with Gasteiger partial charge in [-0.15, -0.1) is 11.3 Å². The van der Waals surface area contributed by atoms with Crippen molar-refractivity contribution in [2.24, 2.45) is 5.92 Å². The molecule has 0 aromatic carbocycles. The number of hydrogen-bond donors (Lipinski definition) is 1. The molecule has 1 N–H and O–H groups in total. The number of carbonyl (C=O) groups excluding carboxylic acids is 2. The number of ether oxygens (including phenoxy) is 2. The van der Waals surface area contributed by atoms with Crippen LogP contribution in [0.4, 0.5) is 5.82 Å². The number of carbonyl (C=O) groups is 2. The van der Waals surface area contributed by atoms with E-state index in [4.69, 9.17) is 9.47 Å². The molecule has 1 amide bonds. The monoisotopic (exact) mass is 379 g/mol. The minimum absolute atomic E-state index is 0.360. The van der Waals surface area contributed by atoms with Gasteiger partial charge in [-0.2, -0.15) is 5.10 Å². The summed E-state index contributed by atoms with van der Waals surface area (Å²) in [5, 5.41) is 8.89. The molecule has 0 aliphatic rings. The highest BCUT2D eigenvalue weighted by Gasteiger charge is 2.17. The van der Waals surface area contributed by atoms with Gasteiger partial charge in [-0.25, -0.2) is 9.48 Å². The van der Waals surface area contributed by atoms with Crippen LogP contribution in [0.3, 0.4) is 0 Å². The molecule has 26 heavy (non-hydrogen) atoms. The Hall–Kier alpha value is -2.19. The van der Waals surface area contributed by atoms with Gasteiger partial charge in [0.05, 0.1) is 12.7 Å². The molecule has 2 aromatic rings. The predicted molar refractivity (Wildman–Crippen MR) is 100 cm³/mol. The predicted octanol–water partition coefficient (Wildman–Crippen LogP) is 2.93. The molecule has 0 spiro atoms. The topological polar surface area (TPSA) is 82.4 Å². The quantitative estimate of drug-likeness (QED) is 0.642. The fourth-order valence-corrected chi connectivity index (χ4v) is 2.78. The van der Waals surface area contributed by atoms with Crippen LogP contribution in [0.25, 0.3) is 0 Å². The lowest BCUT2D eigenvalue weighted by Gasteiger charge is -2.13. The first-order valence-corrected chi connectivity index (χ1v) is 9.46. The molecule has 142 valence electrons. The second-order valence-electron chi connectivity index (χ2n) is 6.30. The van der Waals surface area contributed by atoms with Crippen molar-refractivity contribution in [3.05, 3.63) is 34.7 Å². The molecule has 0 radical (unpaired) electrons. The van der Waals surface area contributed by atoms with Gasteiger partial charge in [-0.1, -0.05) is 19.9 Å². The molecule has 0 aliphatic heterocycles. The molecular formula is C18H25N3O4S. The van der Waals surface area contributed by atoms with Crippen LogP contribution in [-0.2, 0) is 25.6 Å². The zero-order valence-corrected chi connectivity index (χ0v) is 16.1. The van der Waals surface area contributed by atoms with Gasteiger partial charge in [-0.05, 0) is 30.7 Å². The molecule has 1 atom stereocenters. The number of nitrogens with one attached hydrogen (secondary N) is 1. The van der Waals surface area contributed by atoms with Crippen LogP contribution >= 0.6 is 11.3 Å². The number of thiophene rings is 1. The molecule has 0 bridgehead atoms. The minimum Gasteiger partial charge on any atom is -0.454 e. The normalized spacial score (nSPS) is 12.2. The summed E-state index contributed by atoms with van der Waals surface area (Å²) in [7, 11) is 0. The summed E-state index contributed by atoms with van der Waals surface area (Å²) in [6, 6.07) is 5.66. The summed E-state index contributed by atoms with van der Waals surface area (Å²) >= 11 is 1.62. The Labute approximate surface area is 157 Å². The summed E-state index contributed by atoms with van der Waals surface area (Å²) in [6.07, 6.45) is 1.79. The summed E-state index contributed by atoms with van der Waals surface area (Å²) in [5.41, 5.74) is 0. The lowest BCUT2D eigenvalue weighted by molar-refractivity contribution is -0.158. The number of rotatable bonds is 10. The van der Waals surface area contributed by atoms with Gasteiger partial charge in [0.15, 0.2) is 12.7 Å². The molecule has 2 heterocycles. The van der Waals surface area contributed by atoms with Crippen LogP contribution in [0, 0.1) is 5.92 Å². The zero-order valence-electron chi connectivity index (χ0n) is 15.3. The Bertz CT molecular complexity index is 697. The van der Waals surface area contributed by atoms with E-state index in [1.807, 2.05) is 17.5 Å². The van der Waals surface area contributed by atoms with E-state index in [0.717, 1.165) is 11.3 Å². The van der Waals surface area contributed by atoms with Crippen LogP contribution in [0.2, 0.25) is 0 Å². The average molecular weight is 379 g/mol. The molecular weight excluding hydrogens is 354 g/mol. The maximum atomic E-state index is 12.0. The van der Waals surface area contributed by atoms with Crippen molar-refractivity contribution >= 4 is 29.0 Å². The van der Waals surface area contributed by atoms with E-state index >= 15 is 0 Å². The van der Waals surface area contributed by atoms with Gasteiger partial charge in [0.2, 0.25) is 0 Å². The number of amides is 1. The summed E-state index contributed by atoms with van der Waals surface area (Å²) in [4.78, 5) is 25.0. The molecule has 7 nitrogen and oxygen atoms in total. The molecule has 0 fully saturated rings. The number of aromatic nitrogens is 2. The molecule has 8 heteroatoms. The van der Waals surface area contributed by atoms with Crippen LogP contribution < -0.4 is 5.32 Å². The van der Waals surface area contributed by atoms with Crippen LogP contribution in [-0.4, -0.2) is 41.0 Å². The Morgan fingerprint density at radius 1 is 1.31 bits per heavy atom. The van der Waals surface area contributed by atoms with Gasteiger partial charge in [0.1, 0.15) is 5.82 Å². The molecule has 1 unspecified atom stereocenters. The van der Waals surface area contributed by atoms with Crippen LogP contribution in [0.5, 0.6) is 0 Å². The van der Waals surface area contributed by atoms with E-state index < -0.39 is 18.0 Å². The smallest absolute Gasteiger partial charge is 0.335 e. The van der Waals surface area contributed by atoms with E-state index in [1.165, 1.54) is 0 Å². The minimum atomic E-state index is -0.689. The fraction of sp³-hybridized carbons (Fsp3) is 0.500. The van der Waals surface area contributed by atoms with E-state index in [1.54, 1.807) is 35.2 Å². The SMILES string of the molecule is CC(C)CCOC(C)C(=O)OCC(=O)Nc1ccnn1Cc1cccs1. The second-order valence-corrected chi connectivity index (χ2v) is 7.34. The highest BCUT2D eigenvalue weighted by molar-refractivity contribution is 7.09. The van der Waals surface area contributed by atoms with Crippen molar-refractivity contribution < 1.29 is 19.1 Å². The molecule has 2 aromatic heterocycles. The van der Waals surface area contributed by atoms with Crippen molar-refractivity contribution in [2.45, 2.75) is 39.8 Å². The van der Waals surface area contributed by atoms with E-state index in [0.29, 0.717) is 24.9 Å². The Morgan fingerprint density at radius 2 is 2.12 bits per heavy atom. The van der Waals surface area contributed by atoms with Crippen molar-refractivity contribution in [3.8, 4) is 0 Å². The third-order valence-corrected chi connectivity index (χ3v) is 4.47. The van der Waals surface area contributed by atoms with Crippen molar-refractivity contribution in [2.75, 3.05) is 18.5 Å². The van der Waals surface area contributed by atoms with Crippen molar-refractivity contribution in [1.29, 1.82) is 0 Å². The first kappa shape index (κ1) is 20.1. The Kier molecular flexibility index (Phi) is 7.80. The van der Waals surface area contributed by atoms with Crippen molar-refractivity contribution in [3.63, 3.8) is 0 Å². The first-order valence-electron chi connectivity index (χ1n) is 8.58. The number of anilines is 1. The Balaban J connectivity index is 1.75. The summed E-state index contributed by atoms with van der Waals surface area (Å²) < 4.78 is 12.1. The van der Waals surface area contributed by atoms with E-state index in [-0.39, 0.29) is 6.61 Å². The molecule has 0 saturated carbocycles. The maximum Gasteiger partial charge on any atom is 0.335 e. The van der Waals surface area contributed by atoms with Crippen LogP contribution in [0.1, 0.15) is 32.1 Å². The second kappa shape index (κ2) is 10.1. The van der Waals surface area contributed by atoms with Gasteiger partial charge in [0, 0.05) is 17.6 Å². The summed E-state index contributed by atoms with van der Waals surface area (Å²) in [5.74, 6) is 0.0976. The van der Waals surface area contributed by atoms with Gasteiger partial charge < -0.3 is 14.8 Å². The number of esters is 1. The standard InChI is InChI=1S/C18H25N3O4S/c1-13(2)7-9-24-14(3)18(23)25-12-17(22)20-16-6-8-19-21(16)11-15-5-4-10-26-15/h4-6,8,10,13-14H,7,9,11-12H2,1-3H3,(H,20,22). The van der Waals surface area contributed by atoms with Gasteiger partial charge >= 0.3 is 5.97 Å². The molecule has 0 saturated heterocycles. The highest BCUT2D eigenvalue weighted by Crippen LogP contribution is 2.14. The molecule has 0 aliphatic carbocycles. The average Bonchev–Trinajstić information content (AvgIpc) is 3.25. The molecule has 2 rings (SSSR count). The van der Waals surface area contributed by atoms with Crippen molar-refractivity contribution in [1.82, 2.24) is 9.78 Å². The third kappa shape index (κ3) is 6.61. The maximum absolute atomic E-state index is 12.0. The lowest BCUT2D eigenvalue weighted by atomic mass is 10.1. The lowest BCUT2D eigenvalue weighted by Crippen LogP contribution is -2.28. The van der Waals surface area contributed by atoms with Gasteiger partial charge in [-0.3, -0.25) is 4.79 Å². The summed E-state index contributed by atoms with van der Waals surface area (Å²) in [6.45, 7) is 6.49. The number of hydrogen-bond acceptors (Lipinski definition) is 6. The zero-order chi connectivity index (χ0) is 18.9. The number of nitrogens with zero attached hydrogens (tertiary/aromatic N) is 2. The van der Waals surface area contributed by atoms with E-state index in [2.05, 4.69) is 24.3 Å². The first-order chi connectivity index (χ1) is 12.5. The Morgan fingerprint density at radius 3 is 2.81 bits per heavy atom. The fourth-order valence-electron chi connectivity index (χ4n) is 2.10. The van der Waals surface area contributed by atoms with E-state index in [9.17, 15) is 9.59 Å². The largest absolute Gasteiger partial charge is 0.454 e. The van der Waals surface area contributed by atoms with Crippen LogP contribution in [0.15, 0.2) is 29.8 Å². The highest BCUT2D eigenvalue weighted by atomic mass is 32.1. The van der Waals surface area contributed by atoms with Gasteiger partial charge in [0.25, 0.3) is 5.91 Å².